The smallest absolute Gasteiger partial charge is 0.150 e. The molecule has 0 unspecified atom stereocenters. The summed E-state index contributed by atoms with van der Waals surface area (Å²) in [6.45, 7) is 9.56. The fourth-order valence-electron chi connectivity index (χ4n) is 2.17. The van der Waals surface area contributed by atoms with E-state index in [2.05, 4.69) is 25.7 Å². The van der Waals surface area contributed by atoms with E-state index in [0.717, 1.165) is 32.5 Å². The Hall–Kier alpha value is -0.0900. The van der Waals surface area contributed by atoms with Crippen molar-refractivity contribution in [1.29, 1.82) is 0 Å². The molecule has 0 bridgehead atoms. The van der Waals surface area contributed by atoms with Gasteiger partial charge in [0.15, 0.2) is 0 Å². The van der Waals surface area contributed by atoms with Crippen LogP contribution in [0.15, 0.2) is 0 Å². The van der Waals surface area contributed by atoms with Crippen LogP contribution in [0.25, 0.3) is 0 Å². The van der Waals surface area contributed by atoms with Gasteiger partial charge in [0, 0.05) is 12.8 Å². The summed E-state index contributed by atoms with van der Waals surface area (Å²) in [6, 6.07) is 0. The quantitative estimate of drug-likeness (QED) is 0.726. The molecule has 1 saturated heterocycles. The predicted octanol–water partition coefficient (Wildman–Crippen LogP) is 1.54. The molecule has 0 radical (unpaired) electrons. The molecule has 0 atom stereocenters. The third kappa shape index (κ3) is 4.51. The molecule has 0 aromatic heterocycles. The van der Waals surface area contributed by atoms with Crippen molar-refractivity contribution >= 4 is 9.84 Å². The molecule has 0 aliphatic carbocycles. The molecule has 0 N–H and O–H groups in total. The van der Waals surface area contributed by atoms with Crippen molar-refractivity contribution in [3.05, 3.63) is 0 Å². The first-order valence-electron chi connectivity index (χ1n) is 5.60. The molecule has 1 aliphatic rings. The molecule has 1 aliphatic heterocycles. The van der Waals surface area contributed by atoms with Gasteiger partial charge in [-0.3, -0.25) is 0 Å². The van der Waals surface area contributed by atoms with Crippen molar-refractivity contribution in [2.45, 2.75) is 38.9 Å². The second-order valence-corrected chi connectivity index (χ2v) is 8.19. The normalized spacial score (nSPS) is 21.9. The van der Waals surface area contributed by atoms with Crippen molar-refractivity contribution in [2.24, 2.45) is 5.41 Å². The minimum Gasteiger partial charge on any atom is -0.303 e. The molecule has 0 spiro atoms. The molecular formula is C11H23NO2S. The summed E-state index contributed by atoms with van der Waals surface area (Å²) < 4.78 is 22.7. The molecule has 1 fully saturated rings. The first-order chi connectivity index (χ1) is 6.68. The summed E-state index contributed by atoms with van der Waals surface area (Å²) >= 11 is 0. The van der Waals surface area contributed by atoms with Crippen molar-refractivity contribution in [2.75, 3.05) is 25.9 Å². The maximum atomic E-state index is 11.4. The van der Waals surface area contributed by atoms with Gasteiger partial charge in [-0.2, -0.15) is 0 Å². The van der Waals surface area contributed by atoms with E-state index < -0.39 is 9.84 Å². The Balaban J connectivity index is 2.43. The number of rotatable bonds is 2. The minimum absolute atomic E-state index is 0.103. The zero-order chi connectivity index (χ0) is 11.7. The summed E-state index contributed by atoms with van der Waals surface area (Å²) in [5.74, 6) is 0. The first kappa shape index (κ1) is 13.0. The van der Waals surface area contributed by atoms with Crippen LogP contribution in [0.3, 0.4) is 0 Å². The van der Waals surface area contributed by atoms with E-state index in [1.54, 1.807) is 0 Å². The summed E-state index contributed by atoms with van der Waals surface area (Å²) in [5.41, 5.74) is 0.303. The maximum Gasteiger partial charge on any atom is 0.150 e. The number of nitrogens with zero attached hydrogens (tertiary/aromatic N) is 1. The van der Waals surface area contributed by atoms with E-state index in [-0.39, 0.29) is 5.25 Å². The molecule has 3 nitrogen and oxygen atoms in total. The number of piperidine rings is 1. The maximum absolute atomic E-state index is 11.4. The highest BCUT2D eigenvalue weighted by Gasteiger charge is 2.28. The van der Waals surface area contributed by atoms with Gasteiger partial charge in [-0.25, -0.2) is 8.42 Å². The molecule has 1 heterocycles. The number of sulfone groups is 1. The fourth-order valence-corrected chi connectivity index (χ4v) is 3.23. The second kappa shape index (κ2) is 4.42. The Kier molecular flexibility index (Phi) is 3.82. The van der Waals surface area contributed by atoms with Gasteiger partial charge in [0.05, 0.1) is 5.25 Å². The highest BCUT2D eigenvalue weighted by atomic mass is 32.2. The van der Waals surface area contributed by atoms with Crippen molar-refractivity contribution in [3.8, 4) is 0 Å². The second-order valence-electron chi connectivity index (χ2n) is 5.87. The van der Waals surface area contributed by atoms with E-state index in [9.17, 15) is 8.42 Å². The summed E-state index contributed by atoms with van der Waals surface area (Å²) in [5, 5.41) is -0.103. The average molecular weight is 233 g/mol. The van der Waals surface area contributed by atoms with Crippen molar-refractivity contribution < 1.29 is 8.42 Å². The molecule has 90 valence electrons. The summed E-state index contributed by atoms with van der Waals surface area (Å²) in [4.78, 5) is 2.38. The summed E-state index contributed by atoms with van der Waals surface area (Å²) in [6.07, 6.45) is 2.96. The van der Waals surface area contributed by atoms with E-state index in [1.807, 2.05) is 0 Å². The van der Waals surface area contributed by atoms with Crippen molar-refractivity contribution in [1.82, 2.24) is 4.90 Å². The molecule has 0 saturated carbocycles. The van der Waals surface area contributed by atoms with Crippen LogP contribution in [0.1, 0.15) is 33.6 Å². The van der Waals surface area contributed by atoms with E-state index in [4.69, 9.17) is 0 Å². The van der Waals surface area contributed by atoms with Gasteiger partial charge in [-0.1, -0.05) is 20.8 Å². The van der Waals surface area contributed by atoms with Gasteiger partial charge >= 0.3 is 0 Å². The van der Waals surface area contributed by atoms with Crippen LogP contribution in [0, 0.1) is 5.41 Å². The van der Waals surface area contributed by atoms with Gasteiger partial charge in [0.2, 0.25) is 0 Å². The van der Waals surface area contributed by atoms with E-state index in [0.29, 0.717) is 5.41 Å². The lowest BCUT2D eigenvalue weighted by molar-refractivity contribution is 0.165. The number of hydrogen-bond donors (Lipinski definition) is 0. The lowest BCUT2D eigenvalue weighted by Crippen LogP contribution is -2.42. The van der Waals surface area contributed by atoms with Crippen LogP contribution in [0.5, 0.6) is 0 Å². The molecule has 0 amide bonds. The largest absolute Gasteiger partial charge is 0.303 e. The van der Waals surface area contributed by atoms with Crippen LogP contribution >= 0.6 is 0 Å². The van der Waals surface area contributed by atoms with Crippen LogP contribution in [-0.2, 0) is 9.84 Å². The summed E-state index contributed by atoms with van der Waals surface area (Å²) in [7, 11) is -2.82. The molecular weight excluding hydrogens is 210 g/mol. The molecule has 0 aromatic rings. The fraction of sp³-hybridized carbons (Fsp3) is 1.00. The van der Waals surface area contributed by atoms with Crippen LogP contribution < -0.4 is 0 Å². The third-order valence-electron chi connectivity index (χ3n) is 2.84. The standard InChI is InChI=1S/C11H23NO2S/c1-11(2,3)9-12-7-5-10(6-8-12)15(4,13)14/h10H,5-9H2,1-4H3. The molecule has 0 aromatic carbocycles. The average Bonchev–Trinajstić information content (AvgIpc) is 2.00. The molecule has 15 heavy (non-hydrogen) atoms. The first-order valence-corrected chi connectivity index (χ1v) is 7.55. The topological polar surface area (TPSA) is 37.4 Å². The Morgan fingerprint density at radius 3 is 2.00 bits per heavy atom. The van der Waals surface area contributed by atoms with Gasteiger partial charge in [0.1, 0.15) is 9.84 Å². The van der Waals surface area contributed by atoms with Crippen LogP contribution in [0.2, 0.25) is 0 Å². The predicted molar refractivity (Wildman–Crippen MR) is 63.8 cm³/mol. The van der Waals surface area contributed by atoms with E-state index >= 15 is 0 Å². The van der Waals surface area contributed by atoms with Crippen LogP contribution in [0.4, 0.5) is 0 Å². The Bertz CT molecular complexity index is 295. The SMILES string of the molecule is CC(C)(C)CN1CCC(S(C)(=O)=O)CC1. The van der Waals surface area contributed by atoms with Crippen LogP contribution in [-0.4, -0.2) is 44.5 Å². The lowest BCUT2D eigenvalue weighted by Gasteiger charge is -2.35. The molecule has 1 rings (SSSR count). The van der Waals surface area contributed by atoms with Gasteiger partial charge in [-0.15, -0.1) is 0 Å². The number of likely N-dealkylation sites (tertiary alicyclic amines) is 1. The molecule has 4 heteroatoms. The zero-order valence-electron chi connectivity index (χ0n) is 10.3. The highest BCUT2D eigenvalue weighted by Crippen LogP contribution is 2.21. The lowest BCUT2D eigenvalue weighted by atomic mass is 9.95. The number of hydrogen-bond acceptors (Lipinski definition) is 3. The Labute approximate surface area is 93.8 Å². The Morgan fingerprint density at radius 2 is 1.67 bits per heavy atom. The van der Waals surface area contributed by atoms with Crippen molar-refractivity contribution in [3.63, 3.8) is 0 Å². The minimum atomic E-state index is -2.82. The Morgan fingerprint density at radius 1 is 1.20 bits per heavy atom. The third-order valence-corrected chi connectivity index (χ3v) is 4.52. The monoisotopic (exact) mass is 233 g/mol. The van der Waals surface area contributed by atoms with E-state index in [1.165, 1.54) is 6.26 Å². The highest BCUT2D eigenvalue weighted by molar-refractivity contribution is 7.91. The van der Waals surface area contributed by atoms with Gasteiger partial charge in [-0.05, 0) is 31.3 Å². The zero-order valence-corrected chi connectivity index (χ0v) is 11.1. The van der Waals surface area contributed by atoms with Gasteiger partial charge in [0.25, 0.3) is 0 Å². The van der Waals surface area contributed by atoms with Gasteiger partial charge < -0.3 is 4.90 Å².